The summed E-state index contributed by atoms with van der Waals surface area (Å²) in [6, 6.07) is 1.92. The van der Waals surface area contributed by atoms with Crippen LogP contribution in [0.3, 0.4) is 0 Å². The third-order valence-corrected chi connectivity index (χ3v) is 3.45. The Labute approximate surface area is 125 Å². The number of aromatic nitrogens is 2. The van der Waals surface area contributed by atoms with Gasteiger partial charge in [0.2, 0.25) is 0 Å². The summed E-state index contributed by atoms with van der Waals surface area (Å²) in [6.07, 6.45) is 3.73. The van der Waals surface area contributed by atoms with Gasteiger partial charge in [0.05, 0.1) is 0 Å². The Bertz CT molecular complexity index is 596. The quantitative estimate of drug-likeness (QED) is 0.858. The molecule has 20 heavy (non-hydrogen) atoms. The van der Waals surface area contributed by atoms with Gasteiger partial charge in [0, 0.05) is 30.9 Å². The largest absolute Gasteiger partial charge is 0.368 e. The minimum atomic E-state index is 0.402. The van der Waals surface area contributed by atoms with Crippen molar-refractivity contribution in [3.05, 3.63) is 29.2 Å². The molecule has 0 radical (unpaired) electrons. The maximum Gasteiger partial charge on any atom is 0.135 e. The number of hydrogen-bond donors (Lipinski definition) is 1. The predicted molar refractivity (Wildman–Crippen MR) is 85.7 cm³/mol. The van der Waals surface area contributed by atoms with Crippen molar-refractivity contribution in [2.75, 3.05) is 32.5 Å². The van der Waals surface area contributed by atoms with Crippen molar-refractivity contribution in [3.63, 3.8) is 0 Å². The number of fused-ring (bicyclic) bond motifs is 1. The molecule has 108 valence electrons. The zero-order valence-electron chi connectivity index (χ0n) is 12.4. The van der Waals surface area contributed by atoms with E-state index in [9.17, 15) is 0 Å². The second-order valence-corrected chi connectivity index (χ2v) is 5.89. The minimum Gasteiger partial charge on any atom is -0.368 e. The Morgan fingerprint density at radius 1 is 1.20 bits per heavy atom. The van der Waals surface area contributed by atoms with Crippen LogP contribution in [0.4, 0.5) is 5.82 Å². The normalized spacial score (nSPS) is 11.6. The molecular formula is C15H21ClN4. The van der Waals surface area contributed by atoms with Gasteiger partial charge in [-0.05, 0) is 37.0 Å². The first kappa shape index (κ1) is 15.0. The highest BCUT2D eigenvalue weighted by molar-refractivity contribution is 6.30. The van der Waals surface area contributed by atoms with Gasteiger partial charge in [-0.2, -0.15) is 0 Å². The van der Waals surface area contributed by atoms with Crippen molar-refractivity contribution < 1.29 is 0 Å². The molecule has 0 amide bonds. The van der Waals surface area contributed by atoms with E-state index in [1.807, 2.05) is 12.3 Å². The highest BCUT2D eigenvalue weighted by Crippen LogP contribution is 2.29. The third kappa shape index (κ3) is 3.38. The summed E-state index contributed by atoms with van der Waals surface area (Å²) >= 11 is 6.03. The lowest BCUT2D eigenvalue weighted by Crippen LogP contribution is -2.21. The number of likely N-dealkylation sites (N-methyl/N-ethyl adjacent to an activating group) is 1. The molecule has 0 bridgehead atoms. The fourth-order valence-corrected chi connectivity index (χ4v) is 2.29. The van der Waals surface area contributed by atoms with Crippen molar-refractivity contribution in [1.29, 1.82) is 0 Å². The molecule has 5 heteroatoms. The van der Waals surface area contributed by atoms with Crippen LogP contribution in [0.5, 0.6) is 0 Å². The molecule has 0 aromatic carbocycles. The van der Waals surface area contributed by atoms with E-state index in [0.29, 0.717) is 11.1 Å². The molecule has 2 heterocycles. The number of anilines is 1. The van der Waals surface area contributed by atoms with Crippen LogP contribution < -0.4 is 5.32 Å². The molecule has 0 saturated heterocycles. The topological polar surface area (TPSA) is 41.1 Å². The molecule has 1 N–H and O–H groups in total. The molecule has 2 aromatic rings. The molecule has 0 aliphatic rings. The minimum absolute atomic E-state index is 0.402. The van der Waals surface area contributed by atoms with E-state index in [1.165, 1.54) is 5.56 Å². The molecule has 0 saturated carbocycles. The summed E-state index contributed by atoms with van der Waals surface area (Å²) in [5.41, 5.74) is 1.20. The molecule has 4 nitrogen and oxygen atoms in total. The molecule has 0 aliphatic carbocycles. The molecule has 0 unspecified atom stereocenters. The van der Waals surface area contributed by atoms with E-state index < -0.39 is 0 Å². The van der Waals surface area contributed by atoms with Crippen LogP contribution in [0.25, 0.3) is 10.8 Å². The molecule has 2 aromatic heterocycles. The van der Waals surface area contributed by atoms with E-state index in [4.69, 9.17) is 11.6 Å². The molecule has 2 rings (SSSR count). The Morgan fingerprint density at radius 2 is 1.95 bits per heavy atom. The third-order valence-electron chi connectivity index (χ3n) is 3.24. The van der Waals surface area contributed by atoms with Crippen LogP contribution in [0.15, 0.2) is 18.5 Å². The average molecular weight is 293 g/mol. The van der Waals surface area contributed by atoms with Gasteiger partial charge in [0.25, 0.3) is 0 Å². The number of nitrogens with zero attached hydrogens (tertiary/aromatic N) is 3. The smallest absolute Gasteiger partial charge is 0.135 e. The summed E-state index contributed by atoms with van der Waals surface area (Å²) in [6.45, 7) is 6.11. The molecule has 0 aliphatic heterocycles. The average Bonchev–Trinajstić information content (AvgIpc) is 2.37. The van der Waals surface area contributed by atoms with Crippen molar-refractivity contribution in [2.45, 2.75) is 19.8 Å². The maximum absolute atomic E-state index is 6.03. The summed E-state index contributed by atoms with van der Waals surface area (Å²) in [5.74, 6) is 1.27. The first-order valence-corrected chi connectivity index (χ1v) is 7.19. The fourth-order valence-electron chi connectivity index (χ4n) is 2.13. The first-order chi connectivity index (χ1) is 9.49. The van der Waals surface area contributed by atoms with Gasteiger partial charge in [-0.15, -0.1) is 0 Å². The van der Waals surface area contributed by atoms with Crippen molar-refractivity contribution in [1.82, 2.24) is 14.9 Å². The van der Waals surface area contributed by atoms with Crippen LogP contribution in [0.1, 0.15) is 25.3 Å². The second-order valence-electron chi connectivity index (χ2n) is 5.50. The van der Waals surface area contributed by atoms with Gasteiger partial charge < -0.3 is 10.2 Å². The summed E-state index contributed by atoms with van der Waals surface area (Å²) < 4.78 is 0. The van der Waals surface area contributed by atoms with E-state index in [-0.39, 0.29) is 0 Å². The van der Waals surface area contributed by atoms with E-state index in [1.54, 1.807) is 6.20 Å². The van der Waals surface area contributed by atoms with Crippen LogP contribution in [0, 0.1) is 0 Å². The highest BCUT2D eigenvalue weighted by Gasteiger charge is 2.11. The van der Waals surface area contributed by atoms with Crippen LogP contribution in [-0.4, -0.2) is 42.1 Å². The SMILES string of the molecule is CC(C)c1cnc(NCCN(C)C)c2cnc(Cl)cc12. The van der Waals surface area contributed by atoms with Gasteiger partial charge >= 0.3 is 0 Å². The monoisotopic (exact) mass is 292 g/mol. The highest BCUT2D eigenvalue weighted by atomic mass is 35.5. The first-order valence-electron chi connectivity index (χ1n) is 6.81. The molecule has 0 atom stereocenters. The Hall–Kier alpha value is -1.39. The number of pyridine rings is 2. The predicted octanol–water partition coefficient (Wildman–Crippen LogP) is 3.38. The molecule has 0 fully saturated rings. The lowest BCUT2D eigenvalue weighted by atomic mass is 9.99. The number of rotatable bonds is 5. The number of halogens is 1. The van der Waals surface area contributed by atoms with Gasteiger partial charge in [0.1, 0.15) is 11.0 Å². The summed E-state index contributed by atoms with van der Waals surface area (Å²) in [7, 11) is 4.10. The Balaban J connectivity index is 2.39. The zero-order valence-corrected chi connectivity index (χ0v) is 13.2. The number of nitrogens with one attached hydrogen (secondary N) is 1. The fraction of sp³-hybridized carbons (Fsp3) is 0.467. The van der Waals surface area contributed by atoms with E-state index in [0.717, 1.165) is 29.7 Å². The number of hydrogen-bond acceptors (Lipinski definition) is 4. The molecule has 0 spiro atoms. The Morgan fingerprint density at radius 3 is 2.60 bits per heavy atom. The van der Waals surface area contributed by atoms with E-state index in [2.05, 4.69) is 48.1 Å². The lowest BCUT2D eigenvalue weighted by molar-refractivity contribution is 0.425. The van der Waals surface area contributed by atoms with Crippen molar-refractivity contribution in [2.24, 2.45) is 0 Å². The van der Waals surface area contributed by atoms with Gasteiger partial charge in [-0.25, -0.2) is 9.97 Å². The van der Waals surface area contributed by atoms with Crippen LogP contribution in [-0.2, 0) is 0 Å². The summed E-state index contributed by atoms with van der Waals surface area (Å²) in [5, 5.41) is 6.04. The Kier molecular flexibility index (Phi) is 4.78. The maximum atomic E-state index is 6.03. The zero-order chi connectivity index (χ0) is 14.7. The van der Waals surface area contributed by atoms with E-state index >= 15 is 0 Å². The van der Waals surface area contributed by atoms with Gasteiger partial charge in [0.15, 0.2) is 0 Å². The van der Waals surface area contributed by atoms with Crippen LogP contribution in [0.2, 0.25) is 5.15 Å². The standard InChI is InChI=1S/C15H21ClN4/c1-10(2)12-8-19-15(17-5-6-20(3)4)13-9-18-14(16)7-11(12)13/h7-10H,5-6H2,1-4H3,(H,17,19). The van der Waals surface area contributed by atoms with Crippen molar-refractivity contribution >= 4 is 28.2 Å². The lowest BCUT2D eigenvalue weighted by Gasteiger charge is -2.15. The molecular weight excluding hydrogens is 272 g/mol. The van der Waals surface area contributed by atoms with Gasteiger partial charge in [-0.3, -0.25) is 0 Å². The second kappa shape index (κ2) is 6.37. The van der Waals surface area contributed by atoms with Crippen LogP contribution >= 0.6 is 11.6 Å². The van der Waals surface area contributed by atoms with Gasteiger partial charge in [-0.1, -0.05) is 25.4 Å². The van der Waals surface area contributed by atoms with Crippen molar-refractivity contribution in [3.8, 4) is 0 Å². The summed E-state index contributed by atoms with van der Waals surface area (Å²) in [4.78, 5) is 10.9.